The maximum absolute atomic E-state index is 4.65. The Morgan fingerprint density at radius 1 is 1.09 bits per heavy atom. The second kappa shape index (κ2) is 7.14. The molecule has 4 nitrogen and oxygen atoms in total. The fourth-order valence-electron chi connectivity index (χ4n) is 4.12. The van der Waals surface area contributed by atoms with Crippen LogP contribution in [0.15, 0.2) is 12.4 Å². The van der Waals surface area contributed by atoms with Crippen molar-refractivity contribution in [2.75, 3.05) is 32.7 Å². The van der Waals surface area contributed by atoms with E-state index in [0.717, 1.165) is 6.04 Å². The molecule has 3 rings (SSSR count). The fourth-order valence-corrected chi connectivity index (χ4v) is 4.12. The summed E-state index contributed by atoms with van der Waals surface area (Å²) in [6, 6.07) is 1.24. The van der Waals surface area contributed by atoms with E-state index >= 15 is 0 Å². The summed E-state index contributed by atoms with van der Waals surface area (Å²) < 4.78 is 2.35. The minimum absolute atomic E-state index is 0.519. The first-order valence-corrected chi connectivity index (χ1v) is 9.14. The first kappa shape index (κ1) is 16.0. The van der Waals surface area contributed by atoms with Crippen LogP contribution in [0.25, 0.3) is 0 Å². The third-order valence-electron chi connectivity index (χ3n) is 5.49. The van der Waals surface area contributed by atoms with Crippen molar-refractivity contribution in [3.05, 3.63) is 18.2 Å². The summed E-state index contributed by atoms with van der Waals surface area (Å²) in [5.41, 5.74) is 0. The Morgan fingerprint density at radius 3 is 2.41 bits per heavy atom. The van der Waals surface area contributed by atoms with Gasteiger partial charge in [-0.15, -0.1) is 0 Å². The Kier molecular flexibility index (Phi) is 5.19. The predicted molar refractivity (Wildman–Crippen MR) is 91.3 cm³/mol. The molecule has 2 saturated heterocycles. The quantitative estimate of drug-likeness (QED) is 0.835. The van der Waals surface area contributed by atoms with Gasteiger partial charge in [0, 0.05) is 36.9 Å². The molecule has 0 radical (unpaired) electrons. The summed E-state index contributed by atoms with van der Waals surface area (Å²) in [5.74, 6) is 1.96. The maximum atomic E-state index is 4.65. The molecule has 22 heavy (non-hydrogen) atoms. The summed E-state index contributed by atoms with van der Waals surface area (Å²) in [6.07, 6.45) is 9.42. The lowest BCUT2D eigenvalue weighted by molar-refractivity contribution is 0.144. The second-order valence-corrected chi connectivity index (χ2v) is 7.45. The number of nitrogens with zero attached hydrogens (tertiary/aromatic N) is 4. The van der Waals surface area contributed by atoms with E-state index < -0.39 is 0 Å². The third kappa shape index (κ3) is 3.54. The van der Waals surface area contributed by atoms with Crippen LogP contribution in [0, 0.1) is 0 Å². The molecule has 3 heterocycles. The lowest BCUT2D eigenvalue weighted by Gasteiger charge is -2.36. The maximum Gasteiger partial charge on any atom is 0.112 e. The summed E-state index contributed by atoms with van der Waals surface area (Å²) in [6.45, 7) is 13.2. The van der Waals surface area contributed by atoms with Crippen molar-refractivity contribution in [3.8, 4) is 0 Å². The number of likely N-dealkylation sites (tertiary alicyclic amines) is 2. The van der Waals surface area contributed by atoms with Gasteiger partial charge in [-0.2, -0.15) is 0 Å². The van der Waals surface area contributed by atoms with Crippen molar-refractivity contribution in [2.24, 2.45) is 0 Å². The Balaban J connectivity index is 1.50. The number of aromatic nitrogens is 2. The highest BCUT2D eigenvalue weighted by Gasteiger charge is 2.26. The molecular formula is C18H32N4. The summed E-state index contributed by atoms with van der Waals surface area (Å²) in [5, 5.41) is 0. The number of imidazole rings is 1. The van der Waals surface area contributed by atoms with Gasteiger partial charge in [0.2, 0.25) is 0 Å². The zero-order valence-electron chi connectivity index (χ0n) is 14.5. The van der Waals surface area contributed by atoms with E-state index in [-0.39, 0.29) is 0 Å². The van der Waals surface area contributed by atoms with Crippen LogP contribution in [-0.4, -0.2) is 58.1 Å². The first-order chi connectivity index (χ1) is 10.6. The summed E-state index contributed by atoms with van der Waals surface area (Å²) in [4.78, 5) is 9.98. The lowest BCUT2D eigenvalue weighted by Crippen LogP contribution is -2.44. The van der Waals surface area contributed by atoms with Crippen LogP contribution in [0.3, 0.4) is 0 Å². The van der Waals surface area contributed by atoms with E-state index in [2.05, 4.69) is 46.3 Å². The average molecular weight is 304 g/mol. The Labute approximate surface area is 135 Å². The highest BCUT2D eigenvalue weighted by molar-refractivity contribution is 5.03. The number of piperidine rings is 1. The molecule has 1 aromatic heterocycles. The number of hydrogen-bond donors (Lipinski definition) is 0. The first-order valence-electron chi connectivity index (χ1n) is 9.14. The van der Waals surface area contributed by atoms with Crippen molar-refractivity contribution >= 4 is 0 Å². The molecule has 0 N–H and O–H groups in total. The van der Waals surface area contributed by atoms with Crippen LogP contribution < -0.4 is 0 Å². The monoisotopic (exact) mass is 304 g/mol. The summed E-state index contributed by atoms with van der Waals surface area (Å²) >= 11 is 0. The molecule has 0 aromatic carbocycles. The van der Waals surface area contributed by atoms with Gasteiger partial charge in [0.25, 0.3) is 0 Å². The third-order valence-corrected chi connectivity index (χ3v) is 5.49. The van der Waals surface area contributed by atoms with E-state index in [1.807, 2.05) is 6.20 Å². The van der Waals surface area contributed by atoms with Crippen LogP contribution in [0.4, 0.5) is 0 Å². The molecule has 1 aromatic rings. The van der Waals surface area contributed by atoms with Gasteiger partial charge in [-0.05, 0) is 72.6 Å². The van der Waals surface area contributed by atoms with Gasteiger partial charge in [0.1, 0.15) is 5.82 Å². The molecular weight excluding hydrogens is 272 g/mol. The SMILES string of the molecule is CC(CN1CCC(c2nccn2C(C)C)CC1)N1CCCC1. The molecule has 1 atom stereocenters. The molecule has 0 bridgehead atoms. The normalized spacial score (nSPS) is 23.5. The zero-order valence-corrected chi connectivity index (χ0v) is 14.5. The molecule has 2 aliphatic rings. The standard InChI is InChI=1S/C18H32N4/c1-15(2)22-13-8-19-18(22)17-6-11-20(12-7-17)14-16(3)21-9-4-5-10-21/h8,13,15-17H,4-7,9-12,14H2,1-3H3. The molecule has 1 unspecified atom stereocenters. The highest BCUT2D eigenvalue weighted by atomic mass is 15.2. The topological polar surface area (TPSA) is 24.3 Å². The second-order valence-electron chi connectivity index (χ2n) is 7.45. The minimum Gasteiger partial charge on any atom is -0.332 e. The van der Waals surface area contributed by atoms with Gasteiger partial charge in [-0.25, -0.2) is 4.98 Å². The smallest absolute Gasteiger partial charge is 0.112 e. The molecule has 124 valence electrons. The van der Waals surface area contributed by atoms with Crippen LogP contribution >= 0.6 is 0 Å². The molecule has 0 aliphatic carbocycles. The van der Waals surface area contributed by atoms with Gasteiger partial charge in [0.15, 0.2) is 0 Å². The fraction of sp³-hybridized carbons (Fsp3) is 0.833. The van der Waals surface area contributed by atoms with E-state index in [9.17, 15) is 0 Å². The van der Waals surface area contributed by atoms with Gasteiger partial charge < -0.3 is 9.47 Å². The molecule has 2 aliphatic heterocycles. The average Bonchev–Trinajstić information content (AvgIpc) is 3.19. The van der Waals surface area contributed by atoms with Gasteiger partial charge in [-0.3, -0.25) is 4.90 Å². The molecule has 4 heteroatoms. The van der Waals surface area contributed by atoms with Crippen molar-refractivity contribution in [1.82, 2.24) is 19.4 Å². The Morgan fingerprint density at radius 2 is 1.77 bits per heavy atom. The molecule has 0 amide bonds. The largest absolute Gasteiger partial charge is 0.332 e. The van der Waals surface area contributed by atoms with Crippen LogP contribution in [0.1, 0.15) is 64.2 Å². The van der Waals surface area contributed by atoms with Crippen LogP contribution in [0.5, 0.6) is 0 Å². The van der Waals surface area contributed by atoms with Gasteiger partial charge in [0.05, 0.1) is 0 Å². The van der Waals surface area contributed by atoms with Gasteiger partial charge in [-0.1, -0.05) is 0 Å². The Bertz CT molecular complexity index is 453. The molecule has 0 spiro atoms. The van der Waals surface area contributed by atoms with E-state index in [0.29, 0.717) is 12.0 Å². The van der Waals surface area contributed by atoms with E-state index in [4.69, 9.17) is 0 Å². The molecule has 0 saturated carbocycles. The Hall–Kier alpha value is -0.870. The van der Waals surface area contributed by atoms with E-state index in [1.54, 1.807) is 0 Å². The van der Waals surface area contributed by atoms with Crippen LogP contribution in [0.2, 0.25) is 0 Å². The number of hydrogen-bond acceptors (Lipinski definition) is 3. The minimum atomic E-state index is 0.519. The van der Waals surface area contributed by atoms with Crippen molar-refractivity contribution in [2.45, 2.75) is 64.5 Å². The van der Waals surface area contributed by atoms with Crippen LogP contribution in [-0.2, 0) is 0 Å². The summed E-state index contributed by atoms with van der Waals surface area (Å²) in [7, 11) is 0. The molecule has 2 fully saturated rings. The predicted octanol–water partition coefficient (Wildman–Crippen LogP) is 3.13. The van der Waals surface area contributed by atoms with Gasteiger partial charge >= 0.3 is 0 Å². The van der Waals surface area contributed by atoms with Crippen molar-refractivity contribution < 1.29 is 0 Å². The lowest BCUT2D eigenvalue weighted by atomic mass is 9.95. The van der Waals surface area contributed by atoms with Crippen molar-refractivity contribution in [1.29, 1.82) is 0 Å². The van der Waals surface area contributed by atoms with E-state index in [1.165, 1.54) is 64.2 Å². The zero-order chi connectivity index (χ0) is 15.5. The van der Waals surface area contributed by atoms with Crippen molar-refractivity contribution in [3.63, 3.8) is 0 Å². The number of rotatable bonds is 5. The highest BCUT2D eigenvalue weighted by Crippen LogP contribution is 2.28.